The van der Waals surface area contributed by atoms with E-state index in [9.17, 15) is 8.42 Å². The van der Waals surface area contributed by atoms with Crippen LogP contribution in [0.1, 0.15) is 32.6 Å². The first kappa shape index (κ1) is 16.1. The topological polar surface area (TPSA) is 70.2 Å². The highest BCUT2D eigenvalue weighted by molar-refractivity contribution is 7.92. The van der Waals surface area contributed by atoms with Crippen molar-refractivity contribution in [2.75, 3.05) is 22.8 Å². The largest absolute Gasteiger partial charge is 0.381 e. The predicted molar refractivity (Wildman–Crippen MR) is 88.3 cm³/mol. The summed E-state index contributed by atoms with van der Waals surface area (Å²) >= 11 is 0. The van der Waals surface area contributed by atoms with Crippen molar-refractivity contribution < 1.29 is 8.42 Å². The van der Waals surface area contributed by atoms with Gasteiger partial charge in [-0.25, -0.2) is 8.42 Å². The van der Waals surface area contributed by atoms with Crippen LogP contribution in [-0.2, 0) is 10.0 Å². The van der Waals surface area contributed by atoms with Gasteiger partial charge in [0.2, 0.25) is 10.0 Å². The number of nitrogens with one attached hydrogen (secondary N) is 3. The molecule has 0 amide bonds. The van der Waals surface area contributed by atoms with E-state index in [1.807, 2.05) is 18.2 Å². The van der Waals surface area contributed by atoms with E-state index in [2.05, 4.69) is 22.3 Å². The second kappa shape index (κ2) is 7.13. The van der Waals surface area contributed by atoms with Crippen LogP contribution in [0.2, 0.25) is 0 Å². The van der Waals surface area contributed by atoms with Crippen LogP contribution in [0.3, 0.4) is 0 Å². The monoisotopic (exact) mass is 311 g/mol. The van der Waals surface area contributed by atoms with Crippen molar-refractivity contribution in [3.63, 3.8) is 0 Å². The summed E-state index contributed by atoms with van der Waals surface area (Å²) in [6.45, 7) is 3.23. The normalized spacial score (nSPS) is 20.8. The lowest BCUT2D eigenvalue weighted by molar-refractivity contribution is 0.371. The van der Waals surface area contributed by atoms with Crippen molar-refractivity contribution in [2.24, 2.45) is 0 Å². The van der Waals surface area contributed by atoms with Gasteiger partial charge < -0.3 is 10.6 Å². The van der Waals surface area contributed by atoms with E-state index in [1.165, 1.54) is 25.5 Å². The average molecular weight is 311 g/mol. The van der Waals surface area contributed by atoms with Crippen LogP contribution in [-0.4, -0.2) is 33.3 Å². The molecule has 21 heavy (non-hydrogen) atoms. The molecule has 1 aromatic rings. The van der Waals surface area contributed by atoms with E-state index < -0.39 is 10.0 Å². The minimum atomic E-state index is -3.27. The SMILES string of the molecule is CC(CC1CCCCN1)Nc1ccccc1NS(C)(=O)=O. The third-order valence-electron chi connectivity index (χ3n) is 3.67. The van der Waals surface area contributed by atoms with Gasteiger partial charge in [0.05, 0.1) is 17.6 Å². The molecular weight excluding hydrogens is 286 g/mol. The molecule has 1 fully saturated rings. The number of hydrogen-bond donors (Lipinski definition) is 3. The standard InChI is InChI=1S/C15H25N3O2S/c1-12(11-13-7-5-6-10-16-13)17-14-8-3-4-9-15(14)18-21(2,19)20/h3-4,8-9,12-13,16-18H,5-7,10-11H2,1-2H3. The Morgan fingerprint density at radius 2 is 2.00 bits per heavy atom. The van der Waals surface area contributed by atoms with Crippen LogP contribution in [0.25, 0.3) is 0 Å². The fraction of sp³-hybridized carbons (Fsp3) is 0.600. The molecule has 1 heterocycles. The third kappa shape index (κ3) is 5.55. The number of sulfonamides is 1. The first-order valence-corrected chi connectivity index (χ1v) is 9.40. The van der Waals surface area contributed by atoms with Crippen molar-refractivity contribution in [1.29, 1.82) is 0 Å². The van der Waals surface area contributed by atoms with Gasteiger partial charge in [0, 0.05) is 12.1 Å². The molecule has 0 aliphatic carbocycles. The second-order valence-corrected chi connectivity index (χ2v) is 7.60. The Balaban J connectivity index is 1.98. The van der Waals surface area contributed by atoms with Gasteiger partial charge in [-0.3, -0.25) is 4.72 Å². The maximum absolute atomic E-state index is 11.4. The summed E-state index contributed by atoms with van der Waals surface area (Å²) in [5, 5.41) is 6.95. The average Bonchev–Trinajstić information content (AvgIpc) is 2.40. The zero-order valence-corrected chi connectivity index (χ0v) is 13.5. The molecule has 2 rings (SSSR count). The summed E-state index contributed by atoms with van der Waals surface area (Å²) in [6, 6.07) is 8.24. The maximum Gasteiger partial charge on any atom is 0.229 e. The fourth-order valence-corrected chi connectivity index (χ4v) is 3.35. The third-order valence-corrected chi connectivity index (χ3v) is 4.27. The Bertz CT molecular complexity index is 554. The van der Waals surface area contributed by atoms with Crippen molar-refractivity contribution in [2.45, 2.75) is 44.7 Å². The van der Waals surface area contributed by atoms with E-state index in [4.69, 9.17) is 0 Å². The first-order valence-electron chi connectivity index (χ1n) is 7.51. The van der Waals surface area contributed by atoms with Gasteiger partial charge in [-0.1, -0.05) is 18.6 Å². The molecular formula is C15H25N3O2S. The number of benzene rings is 1. The fourth-order valence-electron chi connectivity index (χ4n) is 2.77. The van der Waals surface area contributed by atoms with Gasteiger partial charge in [-0.2, -0.15) is 0 Å². The molecule has 0 bridgehead atoms. The van der Waals surface area contributed by atoms with E-state index in [1.54, 1.807) is 6.07 Å². The molecule has 1 saturated heterocycles. The van der Waals surface area contributed by atoms with E-state index in [-0.39, 0.29) is 6.04 Å². The van der Waals surface area contributed by atoms with Crippen LogP contribution in [0, 0.1) is 0 Å². The number of hydrogen-bond acceptors (Lipinski definition) is 4. The lowest BCUT2D eigenvalue weighted by atomic mass is 9.98. The van der Waals surface area contributed by atoms with Crippen molar-refractivity contribution in [3.8, 4) is 0 Å². The highest BCUT2D eigenvalue weighted by Gasteiger charge is 2.16. The molecule has 118 valence electrons. The van der Waals surface area contributed by atoms with Crippen LogP contribution < -0.4 is 15.4 Å². The molecule has 1 aliphatic rings. The van der Waals surface area contributed by atoms with Crippen molar-refractivity contribution in [1.82, 2.24) is 5.32 Å². The summed E-state index contributed by atoms with van der Waals surface area (Å²) in [5.74, 6) is 0. The second-order valence-electron chi connectivity index (χ2n) is 5.85. The molecule has 6 heteroatoms. The summed E-state index contributed by atoms with van der Waals surface area (Å²) in [4.78, 5) is 0. The molecule has 1 aromatic carbocycles. The van der Waals surface area contributed by atoms with Crippen molar-refractivity contribution in [3.05, 3.63) is 24.3 Å². The molecule has 0 spiro atoms. The highest BCUT2D eigenvalue weighted by atomic mass is 32.2. The molecule has 0 aromatic heterocycles. The Labute approximate surface area is 127 Å². The number of para-hydroxylation sites is 2. The summed E-state index contributed by atoms with van der Waals surface area (Å²) in [6.07, 6.45) is 5.97. The molecule has 5 nitrogen and oxygen atoms in total. The summed E-state index contributed by atoms with van der Waals surface area (Å²) < 4.78 is 25.4. The van der Waals surface area contributed by atoms with E-state index in [0.29, 0.717) is 11.7 Å². The van der Waals surface area contributed by atoms with Crippen LogP contribution >= 0.6 is 0 Å². The number of rotatable bonds is 6. The molecule has 2 atom stereocenters. The quantitative estimate of drug-likeness (QED) is 0.754. The molecule has 1 aliphatic heterocycles. The van der Waals surface area contributed by atoms with E-state index in [0.717, 1.165) is 18.7 Å². The molecule has 0 radical (unpaired) electrons. The van der Waals surface area contributed by atoms with Gasteiger partial charge in [0.15, 0.2) is 0 Å². The van der Waals surface area contributed by atoms with Crippen LogP contribution in [0.5, 0.6) is 0 Å². The van der Waals surface area contributed by atoms with Gasteiger partial charge in [-0.15, -0.1) is 0 Å². The summed E-state index contributed by atoms with van der Waals surface area (Å²) in [5.41, 5.74) is 1.43. The zero-order valence-electron chi connectivity index (χ0n) is 12.7. The van der Waals surface area contributed by atoms with E-state index >= 15 is 0 Å². The van der Waals surface area contributed by atoms with Gasteiger partial charge >= 0.3 is 0 Å². The van der Waals surface area contributed by atoms with Crippen molar-refractivity contribution >= 4 is 21.4 Å². The highest BCUT2D eigenvalue weighted by Crippen LogP contribution is 2.24. The predicted octanol–water partition coefficient (Wildman–Crippen LogP) is 2.39. The summed E-state index contributed by atoms with van der Waals surface area (Å²) in [7, 11) is -3.27. The Morgan fingerprint density at radius 1 is 1.29 bits per heavy atom. The Hall–Kier alpha value is -1.27. The molecule has 2 unspecified atom stereocenters. The Kier molecular flexibility index (Phi) is 5.47. The number of anilines is 2. The Morgan fingerprint density at radius 3 is 2.62 bits per heavy atom. The minimum absolute atomic E-state index is 0.281. The minimum Gasteiger partial charge on any atom is -0.381 e. The number of piperidine rings is 1. The smallest absolute Gasteiger partial charge is 0.229 e. The van der Waals surface area contributed by atoms with Gasteiger partial charge in [0.25, 0.3) is 0 Å². The first-order chi connectivity index (χ1) is 9.94. The zero-order chi connectivity index (χ0) is 15.3. The van der Waals surface area contributed by atoms with Gasteiger partial charge in [-0.05, 0) is 44.9 Å². The molecule has 0 saturated carbocycles. The van der Waals surface area contributed by atoms with Crippen LogP contribution in [0.15, 0.2) is 24.3 Å². The lowest BCUT2D eigenvalue weighted by Crippen LogP contribution is -2.37. The van der Waals surface area contributed by atoms with Crippen LogP contribution in [0.4, 0.5) is 11.4 Å². The lowest BCUT2D eigenvalue weighted by Gasteiger charge is -2.27. The molecule has 3 N–H and O–H groups in total. The van der Waals surface area contributed by atoms with Gasteiger partial charge in [0.1, 0.15) is 0 Å². The maximum atomic E-state index is 11.4.